The first-order valence-electron chi connectivity index (χ1n) is 3.72. The molecule has 1 aliphatic rings. The number of nitrogens with two attached hydrogens (primary N) is 1. The van der Waals surface area contributed by atoms with Crippen LogP contribution in [0.4, 0.5) is 0 Å². The van der Waals surface area contributed by atoms with E-state index in [1.165, 1.54) is 5.57 Å². The van der Waals surface area contributed by atoms with E-state index in [1.807, 2.05) is 0 Å². The summed E-state index contributed by atoms with van der Waals surface area (Å²) in [6.45, 7) is 2.12. The standard InChI is InChI=1S/C8H15NO/c1-6-3-4-7(9)5-8(6)10-2/h7H,3-5,9H2,1-2H3. The number of hydrogen-bond donors (Lipinski definition) is 1. The quantitative estimate of drug-likeness (QED) is 0.599. The van der Waals surface area contributed by atoms with E-state index in [1.54, 1.807) is 7.11 Å². The molecule has 2 nitrogen and oxygen atoms in total. The van der Waals surface area contributed by atoms with Gasteiger partial charge in [0.25, 0.3) is 0 Å². The lowest BCUT2D eigenvalue weighted by molar-refractivity contribution is 0.253. The van der Waals surface area contributed by atoms with E-state index in [2.05, 4.69) is 6.92 Å². The third-order valence-electron chi connectivity index (χ3n) is 2.06. The number of allylic oxidation sites excluding steroid dienone is 1. The van der Waals surface area contributed by atoms with Crippen molar-refractivity contribution >= 4 is 0 Å². The molecule has 0 aromatic carbocycles. The zero-order valence-electron chi connectivity index (χ0n) is 6.68. The molecule has 1 unspecified atom stereocenters. The molecular formula is C8H15NO. The maximum atomic E-state index is 5.75. The van der Waals surface area contributed by atoms with Crippen molar-refractivity contribution in [1.82, 2.24) is 0 Å². The summed E-state index contributed by atoms with van der Waals surface area (Å²) < 4.78 is 5.17. The van der Waals surface area contributed by atoms with Crippen LogP contribution < -0.4 is 5.73 Å². The summed E-state index contributed by atoms with van der Waals surface area (Å²) in [5.74, 6) is 1.10. The molecule has 2 heteroatoms. The Morgan fingerprint density at radius 1 is 1.60 bits per heavy atom. The van der Waals surface area contributed by atoms with Gasteiger partial charge in [-0.3, -0.25) is 0 Å². The Morgan fingerprint density at radius 3 is 2.80 bits per heavy atom. The lowest BCUT2D eigenvalue weighted by atomic mass is 9.95. The minimum atomic E-state index is 0.318. The van der Waals surface area contributed by atoms with Crippen LogP contribution in [0.1, 0.15) is 26.2 Å². The fourth-order valence-electron chi connectivity index (χ4n) is 1.31. The maximum absolute atomic E-state index is 5.75. The van der Waals surface area contributed by atoms with Crippen LogP contribution in [0.5, 0.6) is 0 Å². The van der Waals surface area contributed by atoms with E-state index in [-0.39, 0.29) is 0 Å². The van der Waals surface area contributed by atoms with Crippen LogP contribution in [-0.2, 0) is 4.74 Å². The molecule has 0 bridgehead atoms. The molecule has 0 aliphatic heterocycles. The summed E-state index contributed by atoms with van der Waals surface area (Å²) in [5, 5.41) is 0. The first-order chi connectivity index (χ1) is 4.74. The molecule has 0 saturated heterocycles. The highest BCUT2D eigenvalue weighted by Gasteiger charge is 2.15. The van der Waals surface area contributed by atoms with E-state index in [4.69, 9.17) is 10.5 Å². The Bertz CT molecular complexity index is 151. The number of ether oxygens (including phenoxy) is 1. The van der Waals surface area contributed by atoms with Crippen molar-refractivity contribution in [2.24, 2.45) is 5.73 Å². The molecule has 1 atom stereocenters. The second-order valence-corrected chi connectivity index (χ2v) is 2.91. The van der Waals surface area contributed by atoms with Gasteiger partial charge in [-0.1, -0.05) is 0 Å². The minimum Gasteiger partial charge on any atom is -0.501 e. The molecule has 0 radical (unpaired) electrons. The van der Waals surface area contributed by atoms with Gasteiger partial charge in [-0.05, 0) is 25.3 Å². The van der Waals surface area contributed by atoms with Crippen molar-refractivity contribution in [1.29, 1.82) is 0 Å². The van der Waals surface area contributed by atoms with Crippen LogP contribution in [0.3, 0.4) is 0 Å². The number of methoxy groups -OCH3 is 1. The van der Waals surface area contributed by atoms with Crippen molar-refractivity contribution in [2.45, 2.75) is 32.2 Å². The van der Waals surface area contributed by atoms with Crippen molar-refractivity contribution in [3.8, 4) is 0 Å². The smallest absolute Gasteiger partial charge is 0.0960 e. The lowest BCUT2D eigenvalue weighted by Gasteiger charge is -2.21. The highest BCUT2D eigenvalue weighted by atomic mass is 16.5. The molecule has 0 fully saturated rings. The number of hydrogen-bond acceptors (Lipinski definition) is 2. The number of rotatable bonds is 1. The highest BCUT2D eigenvalue weighted by Crippen LogP contribution is 2.23. The van der Waals surface area contributed by atoms with Crippen LogP contribution in [0.2, 0.25) is 0 Å². The summed E-state index contributed by atoms with van der Waals surface area (Å²) in [7, 11) is 1.72. The van der Waals surface area contributed by atoms with E-state index >= 15 is 0 Å². The van der Waals surface area contributed by atoms with Gasteiger partial charge in [-0.2, -0.15) is 0 Å². The first kappa shape index (κ1) is 7.61. The average molecular weight is 141 g/mol. The maximum Gasteiger partial charge on any atom is 0.0960 e. The average Bonchev–Trinajstić information content (AvgIpc) is 1.94. The van der Waals surface area contributed by atoms with Gasteiger partial charge >= 0.3 is 0 Å². The first-order valence-corrected chi connectivity index (χ1v) is 3.72. The van der Waals surface area contributed by atoms with Crippen molar-refractivity contribution in [3.63, 3.8) is 0 Å². The Balaban J connectivity index is 2.62. The van der Waals surface area contributed by atoms with Gasteiger partial charge in [0.1, 0.15) is 0 Å². The highest BCUT2D eigenvalue weighted by molar-refractivity contribution is 5.11. The molecule has 0 amide bonds. The molecule has 58 valence electrons. The molecule has 2 N–H and O–H groups in total. The zero-order chi connectivity index (χ0) is 7.56. The third kappa shape index (κ3) is 1.51. The van der Waals surface area contributed by atoms with E-state index in [9.17, 15) is 0 Å². The SMILES string of the molecule is COC1=C(C)CCC(N)C1. The monoisotopic (exact) mass is 141 g/mol. The summed E-state index contributed by atoms with van der Waals surface area (Å²) in [4.78, 5) is 0. The molecule has 0 aromatic heterocycles. The summed E-state index contributed by atoms with van der Waals surface area (Å²) in [6.07, 6.45) is 3.13. The molecule has 0 spiro atoms. The van der Waals surface area contributed by atoms with Crippen LogP contribution >= 0.6 is 0 Å². The second kappa shape index (κ2) is 3.06. The van der Waals surface area contributed by atoms with E-state index in [0.29, 0.717) is 6.04 Å². The summed E-state index contributed by atoms with van der Waals surface area (Å²) in [5.41, 5.74) is 7.11. The predicted octanol–water partition coefficient (Wildman–Crippen LogP) is 1.42. The molecule has 10 heavy (non-hydrogen) atoms. The zero-order valence-corrected chi connectivity index (χ0v) is 6.68. The van der Waals surface area contributed by atoms with E-state index < -0.39 is 0 Å². The summed E-state index contributed by atoms with van der Waals surface area (Å²) >= 11 is 0. The molecule has 0 heterocycles. The van der Waals surface area contributed by atoms with Gasteiger partial charge in [-0.25, -0.2) is 0 Å². The van der Waals surface area contributed by atoms with Gasteiger partial charge in [-0.15, -0.1) is 0 Å². The molecule has 0 saturated carbocycles. The van der Waals surface area contributed by atoms with Crippen LogP contribution in [0.25, 0.3) is 0 Å². The third-order valence-corrected chi connectivity index (χ3v) is 2.06. The lowest BCUT2D eigenvalue weighted by Crippen LogP contribution is -2.24. The molecule has 1 aliphatic carbocycles. The largest absolute Gasteiger partial charge is 0.501 e. The Labute approximate surface area is 62.1 Å². The Hall–Kier alpha value is -0.500. The van der Waals surface area contributed by atoms with Gasteiger partial charge in [0.05, 0.1) is 12.9 Å². The minimum absolute atomic E-state index is 0.318. The van der Waals surface area contributed by atoms with Gasteiger partial charge in [0, 0.05) is 12.5 Å². The van der Waals surface area contributed by atoms with Crippen molar-refractivity contribution in [3.05, 3.63) is 11.3 Å². The van der Waals surface area contributed by atoms with Gasteiger partial charge in [0.15, 0.2) is 0 Å². The van der Waals surface area contributed by atoms with Crippen LogP contribution in [0.15, 0.2) is 11.3 Å². The summed E-state index contributed by atoms with van der Waals surface area (Å²) in [6, 6.07) is 0.318. The Kier molecular flexibility index (Phi) is 2.33. The second-order valence-electron chi connectivity index (χ2n) is 2.91. The fraction of sp³-hybridized carbons (Fsp3) is 0.750. The normalized spacial score (nSPS) is 26.9. The van der Waals surface area contributed by atoms with Crippen molar-refractivity contribution < 1.29 is 4.74 Å². The van der Waals surface area contributed by atoms with Crippen molar-refractivity contribution in [2.75, 3.05) is 7.11 Å². The van der Waals surface area contributed by atoms with Gasteiger partial charge < -0.3 is 10.5 Å². The Morgan fingerprint density at radius 2 is 2.30 bits per heavy atom. The van der Waals surface area contributed by atoms with Crippen LogP contribution in [-0.4, -0.2) is 13.2 Å². The fourth-order valence-corrected chi connectivity index (χ4v) is 1.31. The molecular weight excluding hydrogens is 126 g/mol. The van der Waals surface area contributed by atoms with Crippen LogP contribution in [0, 0.1) is 0 Å². The topological polar surface area (TPSA) is 35.2 Å². The van der Waals surface area contributed by atoms with Gasteiger partial charge in [0.2, 0.25) is 0 Å². The van der Waals surface area contributed by atoms with E-state index in [0.717, 1.165) is 25.0 Å². The molecule has 0 aromatic rings. The molecule has 1 rings (SSSR count). The predicted molar refractivity (Wildman–Crippen MR) is 41.5 cm³/mol.